The third-order valence-corrected chi connectivity index (χ3v) is 4.83. The molecule has 1 aliphatic heterocycles. The maximum absolute atomic E-state index is 12.3. The summed E-state index contributed by atoms with van der Waals surface area (Å²) in [6.07, 6.45) is 3.75. The fraction of sp³-hybridized carbons (Fsp3) is 0.650. The van der Waals surface area contributed by atoms with E-state index in [1.807, 2.05) is 31.2 Å². The monoisotopic (exact) mass is 348 g/mol. The van der Waals surface area contributed by atoms with E-state index >= 15 is 0 Å². The Kier molecular flexibility index (Phi) is 8.06. The van der Waals surface area contributed by atoms with Gasteiger partial charge in [-0.15, -0.1) is 0 Å². The van der Waals surface area contributed by atoms with Crippen molar-refractivity contribution < 1.29 is 14.3 Å². The minimum absolute atomic E-state index is 0.0365. The first-order chi connectivity index (χ1) is 12.1. The lowest BCUT2D eigenvalue weighted by atomic mass is 9.99. The number of carbonyl (C=O) groups excluding carboxylic acids is 1. The Labute approximate surface area is 151 Å². The van der Waals surface area contributed by atoms with Gasteiger partial charge in [-0.1, -0.05) is 13.8 Å². The molecule has 0 bridgehead atoms. The van der Waals surface area contributed by atoms with Gasteiger partial charge >= 0.3 is 0 Å². The van der Waals surface area contributed by atoms with Crippen molar-refractivity contribution in [1.82, 2.24) is 10.2 Å². The fourth-order valence-electron chi connectivity index (χ4n) is 3.05. The number of carbonyl (C=O) groups is 1. The molecule has 0 saturated carbocycles. The summed E-state index contributed by atoms with van der Waals surface area (Å²) in [5, 5.41) is 3.01. The van der Waals surface area contributed by atoms with Crippen LogP contribution < -0.4 is 14.8 Å². The molecular formula is C20H32N2O3. The predicted octanol–water partition coefficient (Wildman–Crippen LogP) is 3.09. The topological polar surface area (TPSA) is 50.8 Å². The Morgan fingerprint density at radius 3 is 2.48 bits per heavy atom. The number of hydrogen-bond acceptors (Lipinski definition) is 4. The van der Waals surface area contributed by atoms with E-state index in [0.717, 1.165) is 24.6 Å². The minimum Gasteiger partial charge on any atom is -0.497 e. The van der Waals surface area contributed by atoms with Gasteiger partial charge in [0, 0.05) is 6.54 Å². The lowest BCUT2D eigenvalue weighted by Gasteiger charge is -2.30. The van der Waals surface area contributed by atoms with Gasteiger partial charge in [0.15, 0.2) is 6.10 Å². The summed E-state index contributed by atoms with van der Waals surface area (Å²) in [6, 6.07) is 7.32. The van der Waals surface area contributed by atoms with E-state index in [-0.39, 0.29) is 5.91 Å². The van der Waals surface area contributed by atoms with Gasteiger partial charge in [0.05, 0.1) is 7.11 Å². The van der Waals surface area contributed by atoms with Crippen molar-refractivity contribution in [1.29, 1.82) is 0 Å². The number of nitrogens with one attached hydrogen (secondary N) is 1. The highest BCUT2D eigenvalue weighted by Crippen LogP contribution is 2.19. The predicted molar refractivity (Wildman–Crippen MR) is 100 cm³/mol. The molecule has 0 radical (unpaired) electrons. The highest BCUT2D eigenvalue weighted by atomic mass is 16.5. The molecule has 1 amide bonds. The number of likely N-dealkylation sites (tertiary alicyclic amines) is 1. The highest BCUT2D eigenvalue weighted by Gasteiger charge is 2.18. The standard InChI is InChI=1S/C20H32N2O3/c1-4-19(25-18-8-6-17(24-3)7-9-18)20(23)21-12-5-13-22-14-10-16(2)11-15-22/h6-9,16,19H,4-5,10-15H2,1-3H3,(H,21,23)/t19-/m1/s1. The van der Waals surface area contributed by atoms with Crippen LogP contribution in [0.3, 0.4) is 0 Å². The maximum Gasteiger partial charge on any atom is 0.261 e. The van der Waals surface area contributed by atoms with Crippen molar-refractivity contribution in [3.8, 4) is 11.5 Å². The van der Waals surface area contributed by atoms with Gasteiger partial charge in [-0.3, -0.25) is 4.79 Å². The molecule has 5 nitrogen and oxygen atoms in total. The minimum atomic E-state index is -0.454. The van der Waals surface area contributed by atoms with Gasteiger partial charge in [0.2, 0.25) is 0 Å². The van der Waals surface area contributed by atoms with Gasteiger partial charge in [-0.25, -0.2) is 0 Å². The van der Waals surface area contributed by atoms with Gasteiger partial charge in [0.1, 0.15) is 11.5 Å². The number of benzene rings is 1. The van der Waals surface area contributed by atoms with E-state index < -0.39 is 6.10 Å². The van der Waals surface area contributed by atoms with E-state index in [9.17, 15) is 4.79 Å². The number of methoxy groups -OCH3 is 1. The fourth-order valence-corrected chi connectivity index (χ4v) is 3.05. The SMILES string of the molecule is CC[C@@H](Oc1ccc(OC)cc1)C(=O)NCCCN1CCC(C)CC1. The number of amides is 1. The summed E-state index contributed by atoms with van der Waals surface area (Å²) >= 11 is 0. The van der Waals surface area contributed by atoms with Gasteiger partial charge in [-0.2, -0.15) is 0 Å². The molecule has 1 aromatic carbocycles. The van der Waals surface area contributed by atoms with E-state index in [1.54, 1.807) is 7.11 Å². The van der Waals surface area contributed by atoms with Crippen molar-refractivity contribution in [2.24, 2.45) is 5.92 Å². The molecule has 25 heavy (non-hydrogen) atoms. The number of nitrogens with zero attached hydrogens (tertiary/aromatic N) is 1. The summed E-state index contributed by atoms with van der Waals surface area (Å²) in [6.45, 7) is 8.42. The molecule has 2 rings (SSSR count). The van der Waals surface area contributed by atoms with Gasteiger partial charge in [0.25, 0.3) is 5.91 Å². The molecule has 1 fully saturated rings. The van der Waals surface area contributed by atoms with E-state index in [2.05, 4.69) is 17.1 Å². The van der Waals surface area contributed by atoms with Gasteiger partial charge in [-0.05, 0) is 75.5 Å². The quantitative estimate of drug-likeness (QED) is 0.697. The molecule has 0 unspecified atom stereocenters. The smallest absolute Gasteiger partial charge is 0.261 e. The molecule has 1 aliphatic rings. The summed E-state index contributed by atoms with van der Waals surface area (Å²) in [7, 11) is 1.63. The lowest BCUT2D eigenvalue weighted by Crippen LogP contribution is -2.40. The average molecular weight is 348 g/mol. The molecule has 1 atom stereocenters. The van der Waals surface area contributed by atoms with E-state index in [0.29, 0.717) is 18.7 Å². The maximum atomic E-state index is 12.3. The molecule has 1 aromatic rings. The largest absolute Gasteiger partial charge is 0.497 e. The first-order valence-corrected chi connectivity index (χ1v) is 9.43. The number of ether oxygens (including phenoxy) is 2. The second-order valence-electron chi connectivity index (χ2n) is 6.86. The first-order valence-electron chi connectivity index (χ1n) is 9.43. The molecule has 5 heteroatoms. The van der Waals surface area contributed by atoms with Crippen LogP contribution in [0.2, 0.25) is 0 Å². The van der Waals surface area contributed by atoms with Crippen molar-refractivity contribution in [2.45, 2.75) is 45.6 Å². The summed E-state index contributed by atoms with van der Waals surface area (Å²) in [4.78, 5) is 14.8. The van der Waals surface area contributed by atoms with Crippen molar-refractivity contribution >= 4 is 5.91 Å². The van der Waals surface area contributed by atoms with E-state index in [4.69, 9.17) is 9.47 Å². The molecule has 1 heterocycles. The summed E-state index contributed by atoms with van der Waals surface area (Å²) in [5.74, 6) is 2.28. The number of rotatable bonds is 9. The second-order valence-corrected chi connectivity index (χ2v) is 6.86. The molecule has 1 saturated heterocycles. The van der Waals surface area contributed by atoms with Crippen LogP contribution in [0.5, 0.6) is 11.5 Å². The van der Waals surface area contributed by atoms with Crippen molar-refractivity contribution in [2.75, 3.05) is 33.3 Å². The number of hydrogen-bond donors (Lipinski definition) is 1. The third kappa shape index (κ3) is 6.58. The summed E-state index contributed by atoms with van der Waals surface area (Å²) in [5.41, 5.74) is 0. The molecule has 0 aliphatic carbocycles. The van der Waals surface area contributed by atoms with Crippen LogP contribution in [0.15, 0.2) is 24.3 Å². The molecular weight excluding hydrogens is 316 g/mol. The van der Waals surface area contributed by atoms with Crippen LogP contribution in [-0.2, 0) is 4.79 Å². The molecule has 140 valence electrons. The van der Waals surface area contributed by atoms with E-state index in [1.165, 1.54) is 25.9 Å². The lowest BCUT2D eigenvalue weighted by molar-refractivity contribution is -0.128. The Hall–Kier alpha value is -1.75. The normalized spacial score (nSPS) is 17.1. The third-order valence-electron chi connectivity index (χ3n) is 4.83. The van der Waals surface area contributed by atoms with Crippen LogP contribution in [0.4, 0.5) is 0 Å². The second kappa shape index (κ2) is 10.3. The zero-order valence-corrected chi connectivity index (χ0v) is 15.8. The zero-order chi connectivity index (χ0) is 18.1. The Balaban J connectivity index is 1.68. The highest BCUT2D eigenvalue weighted by molar-refractivity contribution is 5.81. The summed E-state index contributed by atoms with van der Waals surface area (Å²) < 4.78 is 10.9. The number of piperidine rings is 1. The zero-order valence-electron chi connectivity index (χ0n) is 15.8. The van der Waals surface area contributed by atoms with Crippen LogP contribution in [0, 0.1) is 5.92 Å². The van der Waals surface area contributed by atoms with Crippen molar-refractivity contribution in [3.05, 3.63) is 24.3 Å². The molecule has 0 aromatic heterocycles. The first kappa shape index (κ1) is 19.6. The molecule has 1 N–H and O–H groups in total. The van der Waals surface area contributed by atoms with Crippen LogP contribution >= 0.6 is 0 Å². The van der Waals surface area contributed by atoms with Gasteiger partial charge < -0.3 is 19.7 Å². The van der Waals surface area contributed by atoms with Crippen molar-refractivity contribution in [3.63, 3.8) is 0 Å². The Bertz CT molecular complexity index is 510. The van der Waals surface area contributed by atoms with Crippen LogP contribution in [0.1, 0.15) is 39.5 Å². The average Bonchev–Trinajstić information content (AvgIpc) is 2.65. The van der Waals surface area contributed by atoms with Crippen LogP contribution in [-0.4, -0.2) is 50.2 Å². The Morgan fingerprint density at radius 2 is 1.88 bits per heavy atom. The van der Waals surface area contributed by atoms with Crippen LogP contribution in [0.25, 0.3) is 0 Å². The molecule has 0 spiro atoms. The Morgan fingerprint density at radius 1 is 1.24 bits per heavy atom.